The number of methoxy groups -OCH3 is 1. The summed E-state index contributed by atoms with van der Waals surface area (Å²) in [5, 5.41) is 12.9. The quantitative estimate of drug-likeness (QED) is 0.806. The van der Waals surface area contributed by atoms with E-state index in [0.29, 0.717) is 50.5 Å². The molecule has 26 heavy (non-hydrogen) atoms. The minimum absolute atomic E-state index is 0.0244. The van der Waals surface area contributed by atoms with Crippen LogP contribution in [0.1, 0.15) is 25.2 Å². The fourth-order valence-corrected chi connectivity index (χ4v) is 2.95. The molecular formula is C18H21N3O5. The second-order valence-corrected chi connectivity index (χ2v) is 6.26. The first-order valence-corrected chi connectivity index (χ1v) is 8.54. The molecule has 1 fully saturated rings. The van der Waals surface area contributed by atoms with Crippen LogP contribution in [0.3, 0.4) is 0 Å². The smallest absolute Gasteiger partial charge is 0.308 e. The van der Waals surface area contributed by atoms with Crippen molar-refractivity contribution in [2.24, 2.45) is 5.92 Å². The fourth-order valence-electron chi connectivity index (χ4n) is 2.95. The van der Waals surface area contributed by atoms with Gasteiger partial charge in [-0.05, 0) is 37.1 Å². The number of carboxylic acids is 1. The van der Waals surface area contributed by atoms with Crippen molar-refractivity contribution in [3.63, 3.8) is 0 Å². The Morgan fingerprint density at radius 2 is 2.12 bits per heavy atom. The van der Waals surface area contributed by atoms with Crippen molar-refractivity contribution < 1.29 is 24.0 Å². The molecule has 1 aromatic heterocycles. The number of benzene rings is 1. The van der Waals surface area contributed by atoms with Gasteiger partial charge in [-0.2, -0.15) is 4.98 Å². The van der Waals surface area contributed by atoms with Crippen LogP contribution >= 0.6 is 0 Å². The third kappa shape index (κ3) is 4.19. The van der Waals surface area contributed by atoms with Crippen molar-refractivity contribution in [1.82, 2.24) is 15.0 Å². The zero-order valence-electron chi connectivity index (χ0n) is 14.6. The van der Waals surface area contributed by atoms with Crippen LogP contribution in [-0.4, -0.2) is 52.2 Å². The molecule has 1 aliphatic rings. The molecule has 2 heterocycles. The summed E-state index contributed by atoms with van der Waals surface area (Å²) < 4.78 is 10.4. The van der Waals surface area contributed by atoms with E-state index in [0.717, 1.165) is 11.3 Å². The van der Waals surface area contributed by atoms with Gasteiger partial charge in [-0.1, -0.05) is 5.16 Å². The molecule has 0 spiro atoms. The van der Waals surface area contributed by atoms with Gasteiger partial charge >= 0.3 is 5.97 Å². The Hall–Kier alpha value is -2.90. The highest BCUT2D eigenvalue weighted by atomic mass is 16.5. The van der Waals surface area contributed by atoms with Gasteiger partial charge in [0.2, 0.25) is 17.6 Å². The van der Waals surface area contributed by atoms with Crippen LogP contribution < -0.4 is 4.74 Å². The van der Waals surface area contributed by atoms with Crippen LogP contribution in [0.15, 0.2) is 28.8 Å². The van der Waals surface area contributed by atoms with Crippen LogP contribution in [-0.2, 0) is 16.0 Å². The Balaban J connectivity index is 1.47. The van der Waals surface area contributed by atoms with Gasteiger partial charge in [-0.3, -0.25) is 9.59 Å². The molecular weight excluding hydrogens is 338 g/mol. The molecule has 0 aliphatic carbocycles. The third-order valence-corrected chi connectivity index (χ3v) is 4.49. The first-order valence-electron chi connectivity index (χ1n) is 8.54. The SMILES string of the molecule is COc1ccc(-c2noc(CCCC(=O)N3CC[C@H](C(=O)O)C3)n2)cc1. The van der Waals surface area contributed by atoms with E-state index in [1.807, 2.05) is 24.3 Å². The molecule has 1 saturated heterocycles. The van der Waals surface area contributed by atoms with Gasteiger partial charge in [0, 0.05) is 31.5 Å². The Morgan fingerprint density at radius 1 is 1.35 bits per heavy atom. The van der Waals surface area contributed by atoms with Gasteiger partial charge in [-0.25, -0.2) is 0 Å². The van der Waals surface area contributed by atoms with E-state index in [2.05, 4.69) is 10.1 Å². The predicted octanol–water partition coefficient (Wildman–Crippen LogP) is 2.00. The number of hydrogen-bond donors (Lipinski definition) is 1. The Morgan fingerprint density at radius 3 is 2.77 bits per heavy atom. The molecule has 0 radical (unpaired) electrons. The van der Waals surface area contributed by atoms with Gasteiger partial charge < -0.3 is 19.3 Å². The van der Waals surface area contributed by atoms with Gasteiger partial charge in [0.05, 0.1) is 13.0 Å². The summed E-state index contributed by atoms with van der Waals surface area (Å²) in [5.41, 5.74) is 0.827. The molecule has 138 valence electrons. The molecule has 1 amide bonds. The second-order valence-electron chi connectivity index (χ2n) is 6.26. The molecule has 2 aromatic rings. The molecule has 0 saturated carbocycles. The number of aromatic nitrogens is 2. The molecule has 0 unspecified atom stereocenters. The van der Waals surface area contributed by atoms with Crippen molar-refractivity contribution >= 4 is 11.9 Å². The Kier molecular flexibility index (Phi) is 5.50. The van der Waals surface area contributed by atoms with Gasteiger partial charge in [0.15, 0.2) is 0 Å². The van der Waals surface area contributed by atoms with Crippen molar-refractivity contribution in [2.45, 2.75) is 25.7 Å². The minimum Gasteiger partial charge on any atom is -0.497 e. The van der Waals surface area contributed by atoms with Gasteiger partial charge in [0.25, 0.3) is 0 Å². The summed E-state index contributed by atoms with van der Waals surface area (Å²) in [7, 11) is 1.60. The Bertz CT molecular complexity index is 771. The van der Waals surface area contributed by atoms with Crippen molar-refractivity contribution in [3.8, 4) is 17.1 Å². The lowest BCUT2D eigenvalue weighted by Crippen LogP contribution is -2.29. The summed E-state index contributed by atoms with van der Waals surface area (Å²) >= 11 is 0. The largest absolute Gasteiger partial charge is 0.497 e. The lowest BCUT2D eigenvalue weighted by Gasteiger charge is -2.15. The van der Waals surface area contributed by atoms with E-state index >= 15 is 0 Å². The number of ether oxygens (including phenoxy) is 1. The molecule has 3 rings (SSSR count). The lowest BCUT2D eigenvalue weighted by atomic mass is 10.1. The molecule has 1 aliphatic heterocycles. The molecule has 1 N–H and O–H groups in total. The molecule has 1 atom stereocenters. The van der Waals surface area contributed by atoms with Crippen molar-refractivity contribution in [3.05, 3.63) is 30.2 Å². The highest BCUT2D eigenvalue weighted by Crippen LogP contribution is 2.21. The minimum atomic E-state index is -0.836. The van der Waals surface area contributed by atoms with Crippen LogP contribution in [0.5, 0.6) is 5.75 Å². The van der Waals surface area contributed by atoms with E-state index < -0.39 is 11.9 Å². The van der Waals surface area contributed by atoms with Crippen LogP contribution in [0.4, 0.5) is 0 Å². The maximum Gasteiger partial charge on any atom is 0.308 e. The summed E-state index contributed by atoms with van der Waals surface area (Å²) in [6, 6.07) is 7.35. The van der Waals surface area contributed by atoms with E-state index in [9.17, 15) is 9.59 Å². The number of aliphatic carboxylic acids is 1. The van der Waals surface area contributed by atoms with Crippen LogP contribution in [0, 0.1) is 5.92 Å². The topological polar surface area (TPSA) is 106 Å². The summed E-state index contributed by atoms with van der Waals surface area (Å²) in [5.74, 6) is 0.428. The number of aryl methyl sites for hydroxylation is 1. The molecule has 8 heteroatoms. The van der Waals surface area contributed by atoms with Crippen LogP contribution in [0.2, 0.25) is 0 Å². The number of nitrogens with zero attached hydrogens (tertiary/aromatic N) is 3. The third-order valence-electron chi connectivity index (χ3n) is 4.49. The number of amides is 1. The number of carbonyl (C=O) groups is 2. The predicted molar refractivity (Wildman–Crippen MR) is 91.5 cm³/mol. The van der Waals surface area contributed by atoms with Crippen molar-refractivity contribution in [1.29, 1.82) is 0 Å². The number of carboxylic acid groups (broad SMARTS) is 1. The first kappa shape index (κ1) is 17.9. The van der Waals surface area contributed by atoms with Crippen molar-refractivity contribution in [2.75, 3.05) is 20.2 Å². The van der Waals surface area contributed by atoms with Gasteiger partial charge in [0.1, 0.15) is 5.75 Å². The number of carbonyl (C=O) groups excluding carboxylic acids is 1. The monoisotopic (exact) mass is 359 g/mol. The van der Waals surface area contributed by atoms with Gasteiger partial charge in [-0.15, -0.1) is 0 Å². The lowest BCUT2D eigenvalue weighted by molar-refractivity contribution is -0.141. The number of likely N-dealkylation sites (tertiary alicyclic amines) is 1. The Labute approximate surface area is 150 Å². The normalized spacial score (nSPS) is 16.7. The maximum absolute atomic E-state index is 12.1. The summed E-state index contributed by atoms with van der Waals surface area (Å²) in [4.78, 5) is 29.1. The zero-order valence-corrected chi connectivity index (χ0v) is 14.6. The van der Waals surface area contributed by atoms with E-state index in [1.54, 1.807) is 12.0 Å². The first-order chi connectivity index (χ1) is 12.6. The zero-order chi connectivity index (χ0) is 18.5. The number of hydrogen-bond acceptors (Lipinski definition) is 6. The number of rotatable bonds is 7. The molecule has 8 nitrogen and oxygen atoms in total. The van der Waals surface area contributed by atoms with E-state index in [1.165, 1.54) is 0 Å². The summed E-state index contributed by atoms with van der Waals surface area (Å²) in [6.07, 6.45) is 1.95. The standard InChI is InChI=1S/C18H21N3O5/c1-25-14-7-5-12(6-8-14)17-19-15(26-20-17)3-2-4-16(22)21-10-9-13(11-21)18(23)24/h5-8,13H,2-4,9-11H2,1H3,(H,23,24)/t13-/m0/s1. The molecule has 0 bridgehead atoms. The average molecular weight is 359 g/mol. The summed E-state index contributed by atoms with van der Waals surface area (Å²) in [6.45, 7) is 0.814. The fraction of sp³-hybridized carbons (Fsp3) is 0.444. The second kappa shape index (κ2) is 7.99. The average Bonchev–Trinajstić information content (AvgIpc) is 3.31. The molecule has 1 aromatic carbocycles. The van der Waals surface area contributed by atoms with E-state index in [-0.39, 0.29) is 5.91 Å². The van der Waals surface area contributed by atoms with Crippen LogP contribution in [0.25, 0.3) is 11.4 Å². The highest BCUT2D eigenvalue weighted by molar-refractivity contribution is 5.78. The van der Waals surface area contributed by atoms with E-state index in [4.69, 9.17) is 14.4 Å². The highest BCUT2D eigenvalue weighted by Gasteiger charge is 2.30. The maximum atomic E-state index is 12.1.